The fraction of sp³-hybridized carbons (Fsp3) is 0. The molecule has 230 valence electrons. The number of halogens is 6. The first-order valence-corrected chi connectivity index (χ1v) is 15.8. The van der Waals surface area contributed by atoms with Gasteiger partial charge in [0.2, 0.25) is 5.39 Å². The van der Waals surface area contributed by atoms with Gasteiger partial charge in [0.15, 0.2) is 4.98 Å². The molecule has 0 aromatic heterocycles. The highest BCUT2D eigenvalue weighted by Crippen LogP contribution is 2.36. The van der Waals surface area contributed by atoms with E-state index in [0.717, 1.165) is 0 Å². The first-order chi connectivity index (χ1) is 15.9. The van der Waals surface area contributed by atoms with E-state index >= 15 is 0 Å². The summed E-state index contributed by atoms with van der Waals surface area (Å²) < 4.78 is 114. The summed E-state index contributed by atoms with van der Waals surface area (Å²) in [5.41, 5.74) is 0.590. The van der Waals surface area contributed by atoms with Crippen LogP contribution in [0.2, 0.25) is 0 Å². The third kappa shape index (κ3) is 492. The Hall–Kier alpha value is -0.880. The summed E-state index contributed by atoms with van der Waals surface area (Å²) in [7, 11) is -31.1. The largest absolute Gasteiger partial charge is 0.753 e. The van der Waals surface area contributed by atoms with Crippen LogP contribution in [0.4, 0.5) is 30.9 Å². The van der Waals surface area contributed by atoms with Gasteiger partial charge >= 0.3 is 53.1 Å². The van der Waals surface area contributed by atoms with Gasteiger partial charge in [-0.05, 0) is 0 Å². The highest BCUT2D eigenvalue weighted by molar-refractivity contribution is 7.46. The van der Waals surface area contributed by atoms with E-state index in [1.807, 2.05) is 18.2 Å². The van der Waals surface area contributed by atoms with E-state index in [1.165, 1.54) is 0 Å². The maximum absolute atomic E-state index is 10.4. The summed E-state index contributed by atoms with van der Waals surface area (Å²) in [4.78, 5) is 88.0. The molecule has 11 N–H and O–H groups in total. The van der Waals surface area contributed by atoms with E-state index in [0.29, 0.717) is 5.69 Å². The summed E-state index contributed by atoms with van der Waals surface area (Å²) in [5.74, 6) is 0. The lowest BCUT2D eigenvalue weighted by atomic mass is 10.3. The third-order valence-electron chi connectivity index (χ3n) is 0.872. The van der Waals surface area contributed by atoms with Crippen LogP contribution in [0.3, 0.4) is 0 Å². The van der Waals surface area contributed by atoms with Crippen LogP contribution >= 0.6 is 47.4 Å². The van der Waals surface area contributed by atoms with E-state index in [-0.39, 0.29) is 0 Å². The SMILES string of the molecule is N#[N+]c1ccccc1.O=P(O)(O)F.O=P(O)(O)F.O=P(O)(O)F.O=P(O)(O)F.O=P(O)(O)F.O=P([O-])(O)F. The van der Waals surface area contributed by atoms with Gasteiger partial charge in [-0.3, -0.25) is 53.5 Å². The van der Waals surface area contributed by atoms with Crippen molar-refractivity contribution in [2.24, 2.45) is 0 Å². The second-order valence-electron chi connectivity index (χ2n) is 4.25. The number of diazo groups is 1. The monoisotopic (exact) mass is 704 g/mol. The number of rotatable bonds is 0. The Morgan fingerprint density at radius 3 is 0.737 bits per heavy atom. The van der Waals surface area contributed by atoms with E-state index < -0.39 is 47.4 Å². The van der Waals surface area contributed by atoms with Crippen LogP contribution in [0, 0.1) is 5.39 Å². The first kappa shape index (κ1) is 50.0. The summed E-state index contributed by atoms with van der Waals surface area (Å²) in [6.07, 6.45) is 0. The highest BCUT2D eigenvalue weighted by atomic mass is 31.2. The summed E-state index contributed by atoms with van der Waals surface area (Å²) in [6.45, 7) is 0. The van der Waals surface area contributed by atoms with Crippen molar-refractivity contribution < 1.29 is 111 Å². The average Bonchev–Trinajstić information content (AvgIpc) is 2.45. The Kier molecular flexibility index (Phi) is 30.1. The molecule has 1 rings (SSSR count). The molecule has 0 aliphatic heterocycles. The number of hydrogen-bond acceptors (Lipinski definition) is 8. The van der Waals surface area contributed by atoms with Crippen LogP contribution in [-0.4, -0.2) is 53.8 Å². The zero-order valence-electron chi connectivity index (χ0n) is 17.0. The molecule has 1 aromatic carbocycles. The lowest BCUT2D eigenvalue weighted by Crippen LogP contribution is -1.89. The van der Waals surface area contributed by atoms with Crippen molar-refractivity contribution in [2.45, 2.75) is 0 Å². The molecular formula is C6H16F6N2O18P6. The Labute approximate surface area is 205 Å². The first-order valence-electron chi connectivity index (χ1n) is 6.83. The van der Waals surface area contributed by atoms with Crippen molar-refractivity contribution in [3.8, 4) is 0 Å². The molecular weight excluding hydrogens is 688 g/mol. The molecule has 0 aliphatic rings. The van der Waals surface area contributed by atoms with Crippen molar-refractivity contribution in [1.29, 1.82) is 5.39 Å². The molecule has 32 heteroatoms. The second-order valence-corrected chi connectivity index (χ2v) is 9.88. The van der Waals surface area contributed by atoms with Gasteiger partial charge in [0.25, 0.3) is 0 Å². The second kappa shape index (κ2) is 22.9. The topological polar surface area (TPSA) is 376 Å². The van der Waals surface area contributed by atoms with Gasteiger partial charge in [0.1, 0.15) is 0 Å². The molecule has 38 heavy (non-hydrogen) atoms. The van der Waals surface area contributed by atoms with E-state index in [4.69, 9.17) is 91.5 Å². The van der Waals surface area contributed by atoms with Crippen LogP contribution in [0.25, 0.3) is 4.98 Å². The fourth-order valence-electron chi connectivity index (χ4n) is 0.495. The van der Waals surface area contributed by atoms with Crippen molar-refractivity contribution in [1.82, 2.24) is 0 Å². The maximum Gasteiger partial charge on any atom is 0.507 e. The average molecular weight is 704 g/mol. The smallest absolute Gasteiger partial charge is 0.507 e. The zero-order valence-corrected chi connectivity index (χ0v) is 22.4. The molecule has 0 bridgehead atoms. The minimum absolute atomic E-state index is 0.590. The van der Waals surface area contributed by atoms with Gasteiger partial charge in [-0.2, -0.15) is 4.20 Å². The van der Waals surface area contributed by atoms with Crippen molar-refractivity contribution >= 4 is 53.1 Å². The van der Waals surface area contributed by atoms with E-state index in [9.17, 15) is 25.2 Å². The van der Waals surface area contributed by atoms with Crippen LogP contribution in [0.1, 0.15) is 0 Å². The van der Waals surface area contributed by atoms with Gasteiger partial charge in [-0.25, -0.2) is 22.8 Å². The molecule has 1 atom stereocenters. The van der Waals surface area contributed by atoms with Gasteiger partial charge in [-0.15, -0.1) is 21.0 Å². The van der Waals surface area contributed by atoms with Crippen LogP contribution in [0.5, 0.6) is 0 Å². The third-order valence-corrected chi connectivity index (χ3v) is 0.872. The predicted octanol–water partition coefficient (Wildman–Crippen LogP) is 1.83. The Bertz CT molecular complexity index is 847. The fourth-order valence-corrected chi connectivity index (χ4v) is 0.495. The van der Waals surface area contributed by atoms with Gasteiger partial charge in [0, 0.05) is 12.1 Å². The van der Waals surface area contributed by atoms with Crippen LogP contribution in [0.15, 0.2) is 30.3 Å². The van der Waals surface area contributed by atoms with Gasteiger partial charge in [0.05, 0.1) is 0 Å². The molecule has 0 fully saturated rings. The molecule has 0 amide bonds. The summed E-state index contributed by atoms with van der Waals surface area (Å²) in [6, 6.07) is 8.94. The zero-order chi connectivity index (χ0) is 32.8. The lowest BCUT2D eigenvalue weighted by Gasteiger charge is -1.97. The standard InChI is InChI=1S/C6H5N2.6FH2O3P/c7-8-6-4-2-1-3-5-6;6*1-5(2,3)4/h1-5H;6*(H2,2,3,4)/q+1;;;;;;/p-1. The van der Waals surface area contributed by atoms with Crippen molar-refractivity contribution in [3.63, 3.8) is 0 Å². The van der Waals surface area contributed by atoms with Crippen LogP contribution < -0.4 is 4.89 Å². The summed E-state index contributed by atoms with van der Waals surface area (Å²) in [5, 5.41) is 8.16. The van der Waals surface area contributed by atoms with Crippen molar-refractivity contribution in [2.75, 3.05) is 0 Å². The lowest BCUT2D eigenvalue weighted by molar-refractivity contribution is -0.206. The summed E-state index contributed by atoms with van der Waals surface area (Å²) >= 11 is 0. The minimum Gasteiger partial charge on any atom is -0.753 e. The Morgan fingerprint density at radius 1 is 0.526 bits per heavy atom. The van der Waals surface area contributed by atoms with Crippen LogP contribution in [-0.2, 0) is 27.4 Å². The predicted molar refractivity (Wildman–Crippen MR) is 108 cm³/mol. The van der Waals surface area contributed by atoms with Crippen molar-refractivity contribution in [3.05, 3.63) is 35.3 Å². The molecule has 0 aliphatic carbocycles. The number of hydrogen-bond donors (Lipinski definition) is 11. The van der Waals surface area contributed by atoms with E-state index in [1.54, 1.807) is 12.1 Å². The molecule has 1 aromatic rings. The highest BCUT2D eigenvalue weighted by Gasteiger charge is 2.06. The quantitative estimate of drug-likeness (QED) is 0.104. The Balaban J connectivity index is -0.0000000795. The van der Waals surface area contributed by atoms with E-state index in [2.05, 4.69) is 4.98 Å². The molecule has 1 unspecified atom stereocenters. The van der Waals surface area contributed by atoms with Gasteiger partial charge in [-0.1, -0.05) is 18.2 Å². The van der Waals surface area contributed by atoms with Gasteiger partial charge < -0.3 is 9.79 Å². The normalized spacial score (nSPS) is 12.2. The molecule has 0 spiro atoms. The maximum atomic E-state index is 10.4. The molecule has 0 saturated carbocycles. The molecule has 20 nitrogen and oxygen atoms in total. The number of benzene rings is 1. The molecule has 0 saturated heterocycles. The number of nitrogens with zero attached hydrogens (tertiary/aromatic N) is 2. The molecule has 0 heterocycles. The molecule has 0 radical (unpaired) electrons. The minimum atomic E-state index is -5.39. The Morgan fingerprint density at radius 2 is 0.658 bits per heavy atom.